The summed E-state index contributed by atoms with van der Waals surface area (Å²) in [6, 6.07) is 7.71. The van der Waals surface area contributed by atoms with Crippen molar-refractivity contribution in [2.24, 2.45) is 4.99 Å². The van der Waals surface area contributed by atoms with Crippen LogP contribution in [0.15, 0.2) is 34.1 Å². The van der Waals surface area contributed by atoms with Crippen molar-refractivity contribution >= 4 is 21.7 Å². The van der Waals surface area contributed by atoms with Crippen LogP contribution in [0.25, 0.3) is 0 Å². The molecule has 2 heterocycles. The van der Waals surface area contributed by atoms with E-state index in [2.05, 4.69) is 29.1 Å². The summed E-state index contributed by atoms with van der Waals surface area (Å²) in [4.78, 5) is 17.0. The number of aromatic nitrogens is 2. The zero-order chi connectivity index (χ0) is 18.7. The van der Waals surface area contributed by atoms with Crippen LogP contribution in [-0.2, 0) is 16.3 Å². The first-order valence-electron chi connectivity index (χ1n) is 9.04. The lowest BCUT2D eigenvalue weighted by Gasteiger charge is -2.07. The highest BCUT2D eigenvalue weighted by Gasteiger charge is 2.31. The van der Waals surface area contributed by atoms with Crippen molar-refractivity contribution in [2.45, 2.75) is 45.6 Å². The van der Waals surface area contributed by atoms with Gasteiger partial charge in [0.05, 0.1) is 28.8 Å². The Labute approximate surface area is 153 Å². The Balaban J connectivity index is 1.78. The fourth-order valence-electron chi connectivity index (χ4n) is 3.24. The Morgan fingerprint density at radius 2 is 2.04 bits per heavy atom. The van der Waals surface area contributed by atoms with Gasteiger partial charge in [-0.25, -0.2) is 13.1 Å². The molecule has 26 heavy (non-hydrogen) atoms. The average molecular weight is 375 g/mol. The van der Waals surface area contributed by atoms with Gasteiger partial charge < -0.3 is 0 Å². The molecule has 0 spiro atoms. The molecule has 0 aliphatic carbocycles. The molecule has 1 N–H and O–H groups in total. The van der Waals surface area contributed by atoms with E-state index in [-0.39, 0.29) is 23.1 Å². The molecule has 1 fully saturated rings. The largest absolute Gasteiger partial charge is 0.299 e. The number of nitrogens with zero attached hydrogens (tertiary/aromatic N) is 2. The summed E-state index contributed by atoms with van der Waals surface area (Å²) in [6.45, 7) is 3.97. The maximum absolute atomic E-state index is 12.6. The molecule has 1 aliphatic heterocycles. The molecule has 0 amide bonds. The number of aliphatic imine (C=N–C) groups is 1. The van der Waals surface area contributed by atoms with E-state index in [4.69, 9.17) is 0 Å². The normalized spacial score (nSPS) is 19.4. The Morgan fingerprint density at radius 1 is 1.31 bits per heavy atom. The molecule has 1 aromatic carbocycles. The van der Waals surface area contributed by atoms with E-state index in [1.54, 1.807) is 13.1 Å². The zero-order valence-electron chi connectivity index (χ0n) is 15.2. The van der Waals surface area contributed by atoms with Crippen LogP contribution in [-0.4, -0.2) is 35.9 Å². The van der Waals surface area contributed by atoms with Crippen LogP contribution in [0.2, 0.25) is 0 Å². The van der Waals surface area contributed by atoms with Crippen molar-refractivity contribution in [3.05, 3.63) is 51.4 Å². The molecule has 1 atom stereocenters. The second-order valence-electron chi connectivity index (χ2n) is 6.91. The van der Waals surface area contributed by atoms with Gasteiger partial charge in [-0.05, 0) is 43.9 Å². The van der Waals surface area contributed by atoms with Gasteiger partial charge in [-0.15, -0.1) is 0 Å². The van der Waals surface area contributed by atoms with Crippen molar-refractivity contribution in [2.75, 3.05) is 11.5 Å². The van der Waals surface area contributed by atoms with Crippen molar-refractivity contribution < 1.29 is 8.42 Å². The van der Waals surface area contributed by atoms with Gasteiger partial charge in [-0.1, -0.05) is 25.5 Å². The van der Waals surface area contributed by atoms with Gasteiger partial charge in [0.25, 0.3) is 5.56 Å². The first-order chi connectivity index (χ1) is 12.4. The molecular weight excluding hydrogens is 350 g/mol. The van der Waals surface area contributed by atoms with E-state index in [1.165, 1.54) is 23.1 Å². The highest BCUT2D eigenvalue weighted by atomic mass is 32.2. The highest BCUT2D eigenvalue weighted by Crippen LogP contribution is 2.22. The minimum absolute atomic E-state index is 0.0165. The van der Waals surface area contributed by atoms with Crippen LogP contribution in [0.4, 0.5) is 5.69 Å². The lowest BCUT2D eigenvalue weighted by molar-refractivity contribution is 0.483. The maximum atomic E-state index is 12.6. The Morgan fingerprint density at radius 3 is 2.65 bits per heavy atom. The molecule has 0 bridgehead atoms. The van der Waals surface area contributed by atoms with Crippen LogP contribution >= 0.6 is 0 Å². The molecule has 1 aromatic heterocycles. The van der Waals surface area contributed by atoms with Crippen molar-refractivity contribution in [1.82, 2.24) is 9.78 Å². The highest BCUT2D eigenvalue weighted by molar-refractivity contribution is 7.91. The van der Waals surface area contributed by atoms with Crippen molar-refractivity contribution in [3.63, 3.8) is 0 Å². The summed E-state index contributed by atoms with van der Waals surface area (Å²) in [5.41, 5.74) is 3.04. The standard InChI is InChI=1S/C19H25N3O3S/c1-3-4-5-15-6-8-16(9-7-15)20-12-18-14(2)21-22(19(18)23)17-10-11-26(24,25)13-17/h6-9,12,17,21H,3-5,10-11,13H2,1-2H3. The van der Waals surface area contributed by atoms with Crippen LogP contribution in [0.3, 0.4) is 0 Å². The summed E-state index contributed by atoms with van der Waals surface area (Å²) in [6.07, 6.45) is 5.43. The Kier molecular flexibility index (Phi) is 5.46. The number of aromatic amines is 1. The van der Waals surface area contributed by atoms with E-state index in [9.17, 15) is 13.2 Å². The smallest absolute Gasteiger partial charge is 0.275 e. The number of rotatable bonds is 6. The molecule has 0 saturated carbocycles. The van der Waals surface area contributed by atoms with Gasteiger partial charge in [0.2, 0.25) is 0 Å². The van der Waals surface area contributed by atoms with Gasteiger partial charge in [0, 0.05) is 11.9 Å². The topological polar surface area (TPSA) is 84.3 Å². The maximum Gasteiger partial charge on any atom is 0.275 e. The van der Waals surface area contributed by atoms with Gasteiger partial charge in [0.1, 0.15) is 0 Å². The summed E-state index contributed by atoms with van der Waals surface area (Å²) in [7, 11) is -3.04. The van der Waals surface area contributed by atoms with Crippen molar-refractivity contribution in [3.8, 4) is 0 Å². The molecular formula is C19H25N3O3S. The molecule has 7 heteroatoms. The number of unbranched alkanes of at least 4 members (excludes halogenated alkanes) is 1. The average Bonchev–Trinajstić information content (AvgIpc) is 3.11. The quantitative estimate of drug-likeness (QED) is 0.788. The Bertz CT molecular complexity index is 953. The van der Waals surface area contributed by atoms with Gasteiger partial charge in [0.15, 0.2) is 9.84 Å². The van der Waals surface area contributed by atoms with Crippen LogP contribution in [0.1, 0.15) is 49.0 Å². The molecule has 1 unspecified atom stereocenters. The summed E-state index contributed by atoms with van der Waals surface area (Å²) in [5.74, 6) is 0.151. The molecule has 3 rings (SSSR count). The molecule has 1 saturated heterocycles. The van der Waals surface area contributed by atoms with Gasteiger partial charge in [-0.3, -0.25) is 14.9 Å². The minimum Gasteiger partial charge on any atom is -0.299 e. The number of aryl methyl sites for hydroxylation is 2. The number of sulfone groups is 1. The van der Waals surface area contributed by atoms with E-state index >= 15 is 0 Å². The fourth-order valence-corrected chi connectivity index (χ4v) is 4.94. The fraction of sp³-hybridized carbons (Fsp3) is 0.474. The summed E-state index contributed by atoms with van der Waals surface area (Å²) >= 11 is 0. The minimum atomic E-state index is -3.04. The predicted molar refractivity (Wildman–Crippen MR) is 104 cm³/mol. The van der Waals surface area contributed by atoms with E-state index < -0.39 is 9.84 Å². The molecule has 0 radical (unpaired) electrons. The van der Waals surface area contributed by atoms with Gasteiger partial charge in [-0.2, -0.15) is 0 Å². The first-order valence-corrected chi connectivity index (χ1v) is 10.9. The molecule has 6 nitrogen and oxygen atoms in total. The van der Waals surface area contributed by atoms with Crippen LogP contribution in [0, 0.1) is 6.92 Å². The number of H-pyrrole nitrogens is 1. The van der Waals surface area contributed by atoms with E-state index in [0.29, 0.717) is 17.7 Å². The Hall–Kier alpha value is -2.15. The second-order valence-corrected chi connectivity index (χ2v) is 9.14. The molecule has 140 valence electrons. The lowest BCUT2D eigenvalue weighted by Crippen LogP contribution is -2.25. The lowest BCUT2D eigenvalue weighted by atomic mass is 10.1. The zero-order valence-corrected chi connectivity index (χ0v) is 16.1. The van der Waals surface area contributed by atoms with Crippen LogP contribution in [0.5, 0.6) is 0 Å². The number of hydrogen-bond donors (Lipinski definition) is 1. The van der Waals surface area contributed by atoms with Gasteiger partial charge >= 0.3 is 0 Å². The number of nitrogens with one attached hydrogen (secondary N) is 1. The molecule has 1 aliphatic rings. The molecule has 2 aromatic rings. The third-order valence-corrected chi connectivity index (χ3v) is 6.56. The summed E-state index contributed by atoms with van der Waals surface area (Å²) in [5, 5.41) is 3.01. The number of hydrogen-bond acceptors (Lipinski definition) is 4. The SMILES string of the molecule is CCCCc1ccc(N=Cc2c(C)[nH]n(C3CCS(=O)(=O)C3)c2=O)cc1. The second kappa shape index (κ2) is 7.61. The first kappa shape index (κ1) is 18.6. The predicted octanol–water partition coefficient (Wildman–Crippen LogP) is 2.94. The summed E-state index contributed by atoms with van der Waals surface area (Å²) < 4.78 is 24.8. The van der Waals surface area contributed by atoms with Crippen molar-refractivity contribution in [1.29, 1.82) is 0 Å². The third-order valence-electron chi connectivity index (χ3n) is 4.81. The van der Waals surface area contributed by atoms with E-state index in [1.807, 2.05) is 12.1 Å². The van der Waals surface area contributed by atoms with Crippen LogP contribution < -0.4 is 5.56 Å². The monoisotopic (exact) mass is 375 g/mol. The van der Waals surface area contributed by atoms with E-state index in [0.717, 1.165) is 12.1 Å². The number of benzene rings is 1. The third kappa shape index (κ3) is 4.15.